The molecule has 2 aromatic rings. The topological polar surface area (TPSA) is 43.3 Å². The second kappa shape index (κ2) is 5.14. The standard InChI is InChI=1S/C15H20ClN3/c1-10(17)12-7-13(16)14-8-18-9-19(14)15(12)11-5-3-2-4-6-11/h7-11H,2-6,17H2,1H3. The van der Waals surface area contributed by atoms with Crippen molar-refractivity contribution in [1.29, 1.82) is 0 Å². The molecule has 1 fully saturated rings. The molecule has 1 unspecified atom stereocenters. The van der Waals surface area contributed by atoms with Crippen LogP contribution in [0.5, 0.6) is 0 Å². The van der Waals surface area contributed by atoms with Crippen LogP contribution in [0.25, 0.3) is 5.52 Å². The third kappa shape index (κ3) is 2.26. The Morgan fingerprint density at radius 2 is 2.11 bits per heavy atom. The fraction of sp³-hybridized carbons (Fsp3) is 0.533. The normalized spacial score (nSPS) is 18.9. The summed E-state index contributed by atoms with van der Waals surface area (Å²) in [6.45, 7) is 2.03. The second-order valence-electron chi connectivity index (χ2n) is 5.61. The molecule has 2 aromatic heterocycles. The first-order valence-electron chi connectivity index (χ1n) is 7.08. The van der Waals surface area contributed by atoms with Crippen LogP contribution in [0.3, 0.4) is 0 Å². The number of imidazole rings is 1. The van der Waals surface area contributed by atoms with Crippen LogP contribution in [0, 0.1) is 0 Å². The zero-order valence-electron chi connectivity index (χ0n) is 11.3. The molecule has 1 saturated carbocycles. The highest BCUT2D eigenvalue weighted by Crippen LogP contribution is 2.38. The Morgan fingerprint density at radius 3 is 2.79 bits per heavy atom. The van der Waals surface area contributed by atoms with Crippen molar-refractivity contribution in [3.05, 3.63) is 34.9 Å². The van der Waals surface area contributed by atoms with Crippen molar-refractivity contribution >= 4 is 17.1 Å². The molecule has 0 radical (unpaired) electrons. The number of hydrogen-bond acceptors (Lipinski definition) is 2. The quantitative estimate of drug-likeness (QED) is 0.900. The minimum absolute atomic E-state index is 0.00114. The van der Waals surface area contributed by atoms with E-state index in [1.165, 1.54) is 43.4 Å². The van der Waals surface area contributed by atoms with Crippen molar-refractivity contribution in [3.8, 4) is 0 Å². The molecule has 19 heavy (non-hydrogen) atoms. The van der Waals surface area contributed by atoms with Crippen molar-refractivity contribution in [2.24, 2.45) is 5.73 Å². The van der Waals surface area contributed by atoms with Gasteiger partial charge in [-0.3, -0.25) is 0 Å². The number of halogens is 1. The lowest BCUT2D eigenvalue weighted by molar-refractivity contribution is 0.430. The molecular weight excluding hydrogens is 258 g/mol. The van der Waals surface area contributed by atoms with Crippen molar-refractivity contribution < 1.29 is 0 Å². The van der Waals surface area contributed by atoms with Gasteiger partial charge in [-0.1, -0.05) is 30.9 Å². The van der Waals surface area contributed by atoms with Gasteiger partial charge in [0.15, 0.2) is 0 Å². The summed E-state index contributed by atoms with van der Waals surface area (Å²) < 4.78 is 2.15. The van der Waals surface area contributed by atoms with Gasteiger partial charge in [0.2, 0.25) is 0 Å². The fourth-order valence-electron chi connectivity index (χ4n) is 3.26. The maximum absolute atomic E-state index is 6.34. The Kier molecular flexibility index (Phi) is 3.50. The summed E-state index contributed by atoms with van der Waals surface area (Å²) in [5, 5.41) is 0.740. The van der Waals surface area contributed by atoms with E-state index in [2.05, 4.69) is 9.38 Å². The first kappa shape index (κ1) is 12.9. The highest BCUT2D eigenvalue weighted by Gasteiger charge is 2.23. The van der Waals surface area contributed by atoms with Gasteiger partial charge in [0, 0.05) is 11.7 Å². The van der Waals surface area contributed by atoms with E-state index in [0.29, 0.717) is 5.92 Å². The average molecular weight is 278 g/mol. The van der Waals surface area contributed by atoms with Gasteiger partial charge in [-0.05, 0) is 37.3 Å². The molecule has 0 bridgehead atoms. The molecule has 1 aliphatic carbocycles. The minimum Gasteiger partial charge on any atom is -0.324 e. The average Bonchev–Trinajstić information content (AvgIpc) is 2.89. The van der Waals surface area contributed by atoms with Gasteiger partial charge in [-0.25, -0.2) is 4.98 Å². The van der Waals surface area contributed by atoms with Crippen LogP contribution in [0.2, 0.25) is 5.02 Å². The summed E-state index contributed by atoms with van der Waals surface area (Å²) in [7, 11) is 0. The molecule has 2 N–H and O–H groups in total. The highest BCUT2D eigenvalue weighted by atomic mass is 35.5. The van der Waals surface area contributed by atoms with Crippen molar-refractivity contribution in [2.75, 3.05) is 0 Å². The number of fused-ring (bicyclic) bond motifs is 1. The molecule has 0 aromatic carbocycles. The SMILES string of the molecule is CC(N)c1cc(Cl)c2cncn2c1C1CCCCC1. The van der Waals surface area contributed by atoms with Gasteiger partial charge in [0.25, 0.3) is 0 Å². The van der Waals surface area contributed by atoms with Gasteiger partial charge in [0.1, 0.15) is 0 Å². The van der Waals surface area contributed by atoms with E-state index in [4.69, 9.17) is 17.3 Å². The third-order valence-corrected chi connectivity index (χ3v) is 4.51. The van der Waals surface area contributed by atoms with Crippen LogP contribution in [-0.4, -0.2) is 9.38 Å². The molecule has 3 nitrogen and oxygen atoms in total. The Hall–Kier alpha value is -1.06. The number of pyridine rings is 1. The maximum Gasteiger partial charge on any atom is 0.0995 e. The molecule has 0 aliphatic heterocycles. The van der Waals surface area contributed by atoms with E-state index < -0.39 is 0 Å². The predicted octanol–water partition coefficient (Wildman–Crippen LogP) is 4.06. The summed E-state index contributed by atoms with van der Waals surface area (Å²) in [5.74, 6) is 0.587. The van der Waals surface area contributed by atoms with Crippen LogP contribution in [0.1, 0.15) is 62.2 Å². The number of aromatic nitrogens is 2. The van der Waals surface area contributed by atoms with Crippen molar-refractivity contribution in [1.82, 2.24) is 9.38 Å². The van der Waals surface area contributed by atoms with Crippen LogP contribution in [0.15, 0.2) is 18.6 Å². The van der Waals surface area contributed by atoms with Crippen LogP contribution in [-0.2, 0) is 0 Å². The number of nitrogens with zero attached hydrogens (tertiary/aromatic N) is 2. The fourth-order valence-corrected chi connectivity index (χ4v) is 3.52. The van der Waals surface area contributed by atoms with Crippen molar-refractivity contribution in [2.45, 2.75) is 51.0 Å². The molecule has 1 atom stereocenters. The summed E-state index contributed by atoms with van der Waals surface area (Å²) in [6.07, 6.45) is 10.2. The zero-order valence-corrected chi connectivity index (χ0v) is 12.0. The van der Waals surface area contributed by atoms with E-state index in [0.717, 1.165) is 10.5 Å². The van der Waals surface area contributed by atoms with Gasteiger partial charge < -0.3 is 10.1 Å². The first-order chi connectivity index (χ1) is 9.18. The largest absolute Gasteiger partial charge is 0.324 e. The molecule has 0 saturated heterocycles. The molecule has 1 aliphatic rings. The smallest absolute Gasteiger partial charge is 0.0995 e. The molecule has 0 spiro atoms. The molecule has 4 heteroatoms. The molecule has 102 valence electrons. The van der Waals surface area contributed by atoms with Crippen molar-refractivity contribution in [3.63, 3.8) is 0 Å². The Balaban J connectivity index is 2.20. The monoisotopic (exact) mass is 277 g/mol. The Bertz CT molecular complexity index is 582. The Morgan fingerprint density at radius 1 is 1.37 bits per heavy atom. The minimum atomic E-state index is 0.00114. The van der Waals surface area contributed by atoms with Gasteiger partial charge in [0.05, 0.1) is 23.1 Å². The second-order valence-corrected chi connectivity index (χ2v) is 6.01. The highest BCUT2D eigenvalue weighted by molar-refractivity contribution is 6.33. The molecule has 2 heterocycles. The Labute approximate surface area is 118 Å². The lowest BCUT2D eigenvalue weighted by atomic mass is 9.83. The number of nitrogens with two attached hydrogens (primary N) is 1. The van der Waals surface area contributed by atoms with Crippen LogP contribution < -0.4 is 5.73 Å². The van der Waals surface area contributed by atoms with Crippen LogP contribution >= 0.6 is 11.6 Å². The van der Waals surface area contributed by atoms with E-state index in [9.17, 15) is 0 Å². The van der Waals surface area contributed by atoms with E-state index in [-0.39, 0.29) is 6.04 Å². The first-order valence-corrected chi connectivity index (χ1v) is 7.46. The summed E-state index contributed by atoms with van der Waals surface area (Å²) in [6, 6.07) is 2.04. The van der Waals surface area contributed by atoms with E-state index >= 15 is 0 Å². The summed E-state index contributed by atoms with van der Waals surface area (Å²) in [5.41, 5.74) is 9.64. The van der Waals surface area contributed by atoms with Gasteiger partial charge in [-0.2, -0.15) is 0 Å². The molecular formula is C15H20ClN3. The molecule has 3 rings (SSSR count). The van der Waals surface area contributed by atoms with E-state index in [1.54, 1.807) is 0 Å². The third-order valence-electron chi connectivity index (χ3n) is 4.20. The maximum atomic E-state index is 6.34. The summed E-state index contributed by atoms with van der Waals surface area (Å²) >= 11 is 6.34. The van der Waals surface area contributed by atoms with Gasteiger partial charge >= 0.3 is 0 Å². The zero-order chi connectivity index (χ0) is 13.4. The molecule has 0 amide bonds. The number of rotatable bonds is 2. The predicted molar refractivity (Wildman–Crippen MR) is 78.6 cm³/mol. The summed E-state index contributed by atoms with van der Waals surface area (Å²) in [4.78, 5) is 4.26. The van der Waals surface area contributed by atoms with Crippen LogP contribution in [0.4, 0.5) is 0 Å². The number of hydrogen-bond donors (Lipinski definition) is 1. The lowest BCUT2D eigenvalue weighted by Gasteiger charge is -2.27. The lowest BCUT2D eigenvalue weighted by Crippen LogP contribution is -2.17. The van der Waals surface area contributed by atoms with E-state index in [1.807, 2.05) is 25.5 Å². The van der Waals surface area contributed by atoms with Gasteiger partial charge in [-0.15, -0.1) is 0 Å².